The first-order valence-electron chi connectivity index (χ1n) is 13.5. The summed E-state index contributed by atoms with van der Waals surface area (Å²) in [6, 6.07) is 28.6. The fourth-order valence-electron chi connectivity index (χ4n) is 4.72. The summed E-state index contributed by atoms with van der Waals surface area (Å²) in [6.45, 7) is 0.255. The Morgan fingerprint density at radius 1 is 0.909 bits per heavy atom. The summed E-state index contributed by atoms with van der Waals surface area (Å²) in [6.07, 6.45) is 1.56. The molecule has 0 atom stereocenters. The van der Waals surface area contributed by atoms with E-state index in [1.165, 1.54) is 27.9 Å². The molecule has 1 N–H and O–H groups in total. The minimum Gasteiger partial charge on any atom is -0.497 e. The third-order valence-corrected chi connectivity index (χ3v) is 9.54. The number of hydrogen-bond acceptors (Lipinski definition) is 7. The van der Waals surface area contributed by atoms with Crippen LogP contribution in [-0.2, 0) is 21.4 Å². The molecule has 222 valence electrons. The molecule has 44 heavy (non-hydrogen) atoms. The number of methoxy groups -OCH3 is 1. The molecule has 0 aliphatic rings. The zero-order chi connectivity index (χ0) is 30.7. The Morgan fingerprint density at radius 3 is 2.34 bits per heavy atom. The fraction of sp³-hybridized carbons (Fsp3) is 0.0938. The molecule has 1 amide bonds. The van der Waals surface area contributed by atoms with Crippen molar-refractivity contribution in [1.82, 2.24) is 24.1 Å². The standard InChI is InChI=1S/C32H26FN5O4S2/c1-42-25-17-15-24(16-18-25)38-31(35-36-32(38)43-21-30(39)34-19-22-11-13-23(33)14-12-22)28-20-37(29-10-6-5-9-27(28)29)44(40,41)26-7-3-2-4-8-26/h2-18,20H,19,21H2,1H3,(H,34,39). The molecule has 0 fully saturated rings. The number of fused-ring (bicyclic) bond motifs is 1. The molecule has 0 spiro atoms. The first-order chi connectivity index (χ1) is 21.3. The maximum atomic E-state index is 13.7. The van der Waals surface area contributed by atoms with Crippen LogP contribution in [0.15, 0.2) is 119 Å². The van der Waals surface area contributed by atoms with Gasteiger partial charge in [0.25, 0.3) is 10.0 Å². The topological polar surface area (TPSA) is 108 Å². The van der Waals surface area contributed by atoms with Crippen molar-refractivity contribution in [2.45, 2.75) is 16.6 Å². The van der Waals surface area contributed by atoms with Gasteiger partial charge in [-0.25, -0.2) is 16.8 Å². The first kappa shape index (κ1) is 29.1. The number of thioether (sulfide) groups is 1. The van der Waals surface area contributed by atoms with Gasteiger partial charge in [-0.3, -0.25) is 9.36 Å². The predicted molar refractivity (Wildman–Crippen MR) is 167 cm³/mol. The average Bonchev–Trinajstić information content (AvgIpc) is 3.66. The Labute approximate surface area is 257 Å². The van der Waals surface area contributed by atoms with Crippen molar-refractivity contribution >= 4 is 38.6 Å². The smallest absolute Gasteiger partial charge is 0.268 e. The van der Waals surface area contributed by atoms with Gasteiger partial charge >= 0.3 is 0 Å². The summed E-state index contributed by atoms with van der Waals surface area (Å²) in [5, 5.41) is 12.8. The number of carbonyl (C=O) groups excluding carboxylic acids is 1. The van der Waals surface area contributed by atoms with Gasteiger partial charge in [-0.05, 0) is 60.2 Å². The quantitative estimate of drug-likeness (QED) is 0.195. The van der Waals surface area contributed by atoms with Crippen molar-refractivity contribution in [1.29, 1.82) is 0 Å². The minimum absolute atomic E-state index is 0.0413. The van der Waals surface area contributed by atoms with E-state index in [2.05, 4.69) is 15.5 Å². The Hall–Kier alpha value is -4.94. The summed E-state index contributed by atoms with van der Waals surface area (Å²) >= 11 is 1.19. The SMILES string of the molecule is COc1ccc(-n2c(SCC(=O)NCc3ccc(F)cc3)nnc2-c2cn(S(=O)(=O)c3ccccc3)c3ccccc23)cc1. The Morgan fingerprint density at radius 2 is 1.61 bits per heavy atom. The highest BCUT2D eigenvalue weighted by atomic mass is 32.2. The van der Waals surface area contributed by atoms with Crippen molar-refractivity contribution in [2.24, 2.45) is 0 Å². The molecular weight excluding hydrogens is 602 g/mol. The molecule has 2 aromatic heterocycles. The van der Waals surface area contributed by atoms with Crippen LogP contribution < -0.4 is 10.1 Å². The molecule has 0 radical (unpaired) electrons. The number of benzene rings is 4. The molecule has 4 aromatic carbocycles. The Balaban J connectivity index is 1.38. The lowest BCUT2D eigenvalue weighted by Crippen LogP contribution is -2.24. The number of carbonyl (C=O) groups is 1. The molecule has 0 saturated heterocycles. The van der Waals surface area contributed by atoms with E-state index in [-0.39, 0.29) is 28.9 Å². The highest BCUT2D eigenvalue weighted by Crippen LogP contribution is 2.35. The van der Waals surface area contributed by atoms with Crippen LogP contribution in [-0.4, -0.2) is 45.9 Å². The van der Waals surface area contributed by atoms with E-state index in [9.17, 15) is 17.6 Å². The van der Waals surface area contributed by atoms with Crippen molar-refractivity contribution < 1.29 is 22.3 Å². The molecule has 12 heteroatoms. The second-order valence-electron chi connectivity index (χ2n) is 9.71. The maximum absolute atomic E-state index is 13.7. The lowest BCUT2D eigenvalue weighted by atomic mass is 10.1. The number of rotatable bonds is 10. The number of aromatic nitrogens is 4. The second kappa shape index (κ2) is 12.3. The third-order valence-electron chi connectivity index (χ3n) is 6.92. The van der Waals surface area contributed by atoms with Crippen molar-refractivity contribution in [2.75, 3.05) is 12.9 Å². The van der Waals surface area contributed by atoms with Gasteiger partial charge in [0.2, 0.25) is 5.91 Å². The number of amides is 1. The van der Waals surface area contributed by atoms with Crippen LogP contribution in [0.3, 0.4) is 0 Å². The molecule has 0 saturated carbocycles. The van der Waals surface area contributed by atoms with Crippen LogP contribution in [0.5, 0.6) is 5.75 Å². The molecule has 6 aromatic rings. The minimum atomic E-state index is -3.92. The lowest BCUT2D eigenvalue weighted by molar-refractivity contribution is -0.118. The first-order valence-corrected chi connectivity index (χ1v) is 15.9. The number of ether oxygens (including phenoxy) is 1. The van der Waals surface area contributed by atoms with Crippen LogP contribution >= 0.6 is 11.8 Å². The van der Waals surface area contributed by atoms with Gasteiger partial charge < -0.3 is 10.1 Å². The Kier molecular flexibility index (Phi) is 8.18. The van der Waals surface area contributed by atoms with Crippen molar-refractivity contribution in [3.63, 3.8) is 0 Å². The summed E-state index contributed by atoms with van der Waals surface area (Å²) < 4.78 is 49.0. The summed E-state index contributed by atoms with van der Waals surface area (Å²) in [5.74, 6) is 0.520. The van der Waals surface area contributed by atoms with E-state index in [1.807, 2.05) is 24.3 Å². The number of para-hydroxylation sites is 1. The van der Waals surface area contributed by atoms with E-state index in [1.54, 1.807) is 84.6 Å². The zero-order valence-corrected chi connectivity index (χ0v) is 25.1. The molecular formula is C32H26FN5O4S2. The summed E-state index contributed by atoms with van der Waals surface area (Å²) in [5.41, 5.74) is 2.51. The van der Waals surface area contributed by atoms with Crippen LogP contribution in [0.4, 0.5) is 4.39 Å². The third kappa shape index (κ3) is 5.81. The molecule has 0 aliphatic carbocycles. The van der Waals surface area contributed by atoms with E-state index < -0.39 is 10.0 Å². The molecule has 0 unspecified atom stereocenters. The zero-order valence-electron chi connectivity index (χ0n) is 23.4. The van der Waals surface area contributed by atoms with Gasteiger partial charge in [0.1, 0.15) is 11.6 Å². The monoisotopic (exact) mass is 627 g/mol. The molecule has 2 heterocycles. The summed E-state index contributed by atoms with van der Waals surface area (Å²) in [4.78, 5) is 12.9. The molecule has 6 rings (SSSR count). The van der Waals surface area contributed by atoms with Gasteiger partial charge in [-0.15, -0.1) is 10.2 Å². The van der Waals surface area contributed by atoms with Gasteiger partial charge in [-0.1, -0.05) is 60.3 Å². The van der Waals surface area contributed by atoms with Crippen molar-refractivity contribution in [3.8, 4) is 22.8 Å². The number of halogens is 1. The highest BCUT2D eigenvalue weighted by Gasteiger charge is 2.25. The largest absolute Gasteiger partial charge is 0.497 e. The normalized spacial score (nSPS) is 11.5. The van der Waals surface area contributed by atoms with E-state index in [0.29, 0.717) is 38.9 Å². The number of nitrogens with zero attached hydrogens (tertiary/aromatic N) is 4. The maximum Gasteiger partial charge on any atom is 0.268 e. The van der Waals surface area contributed by atoms with Gasteiger partial charge in [0, 0.05) is 29.4 Å². The fourth-order valence-corrected chi connectivity index (χ4v) is 6.89. The van der Waals surface area contributed by atoms with Gasteiger partial charge in [0.05, 0.1) is 23.3 Å². The highest BCUT2D eigenvalue weighted by molar-refractivity contribution is 7.99. The van der Waals surface area contributed by atoms with Crippen LogP contribution in [0.2, 0.25) is 0 Å². The van der Waals surface area contributed by atoms with Crippen LogP contribution in [0.1, 0.15) is 5.56 Å². The lowest BCUT2D eigenvalue weighted by Gasteiger charge is -2.11. The Bertz CT molecular complexity index is 2040. The van der Waals surface area contributed by atoms with Gasteiger partial charge in [-0.2, -0.15) is 0 Å². The van der Waals surface area contributed by atoms with E-state index in [4.69, 9.17) is 4.74 Å². The molecule has 0 bridgehead atoms. The second-order valence-corrected chi connectivity index (χ2v) is 12.5. The van der Waals surface area contributed by atoms with E-state index in [0.717, 1.165) is 5.56 Å². The number of nitrogens with one attached hydrogen (secondary N) is 1. The van der Waals surface area contributed by atoms with Gasteiger partial charge in [0.15, 0.2) is 11.0 Å². The van der Waals surface area contributed by atoms with E-state index >= 15 is 0 Å². The summed E-state index contributed by atoms with van der Waals surface area (Å²) in [7, 11) is -2.35. The number of hydrogen-bond donors (Lipinski definition) is 1. The molecule has 9 nitrogen and oxygen atoms in total. The van der Waals surface area contributed by atoms with Crippen molar-refractivity contribution in [3.05, 3.63) is 121 Å². The molecule has 0 aliphatic heterocycles. The van der Waals surface area contributed by atoms with Crippen LogP contribution in [0.25, 0.3) is 28.0 Å². The predicted octanol–water partition coefficient (Wildman–Crippen LogP) is 5.68. The van der Waals surface area contributed by atoms with Crippen LogP contribution in [0, 0.1) is 5.82 Å². The average molecular weight is 628 g/mol.